The molecule has 1 heterocycles. The highest BCUT2D eigenvalue weighted by Crippen LogP contribution is 2.17. The molecule has 0 saturated heterocycles. The number of hydrogen-bond acceptors (Lipinski definition) is 4. The molecule has 0 radical (unpaired) electrons. The van der Waals surface area contributed by atoms with Crippen molar-refractivity contribution in [1.29, 1.82) is 0 Å². The lowest BCUT2D eigenvalue weighted by Crippen LogP contribution is -2.12. The van der Waals surface area contributed by atoms with Crippen molar-refractivity contribution in [2.45, 2.75) is 6.54 Å². The SMILES string of the molecule is O=c1[nH]ncc(NCc2ccc(O)cc2)c1Br. The zero-order valence-electron chi connectivity index (χ0n) is 8.77. The summed E-state index contributed by atoms with van der Waals surface area (Å²) in [5, 5.41) is 18.2. The van der Waals surface area contributed by atoms with Gasteiger partial charge in [-0.3, -0.25) is 4.79 Å². The van der Waals surface area contributed by atoms with Crippen molar-refractivity contribution in [3.05, 3.63) is 50.9 Å². The molecule has 0 unspecified atom stereocenters. The van der Waals surface area contributed by atoms with E-state index in [0.29, 0.717) is 16.7 Å². The second-order valence-electron chi connectivity index (χ2n) is 3.45. The Balaban J connectivity index is 2.10. The molecule has 3 N–H and O–H groups in total. The predicted molar refractivity (Wildman–Crippen MR) is 68.0 cm³/mol. The van der Waals surface area contributed by atoms with Gasteiger partial charge in [-0.05, 0) is 33.6 Å². The van der Waals surface area contributed by atoms with Crippen molar-refractivity contribution in [2.75, 3.05) is 5.32 Å². The highest BCUT2D eigenvalue weighted by molar-refractivity contribution is 9.10. The first-order valence-electron chi connectivity index (χ1n) is 4.92. The number of nitrogens with zero attached hydrogens (tertiary/aromatic N) is 1. The van der Waals surface area contributed by atoms with Gasteiger partial charge in [0.2, 0.25) is 0 Å². The minimum atomic E-state index is -0.277. The van der Waals surface area contributed by atoms with Crippen LogP contribution in [0.15, 0.2) is 39.7 Å². The van der Waals surface area contributed by atoms with Crippen molar-refractivity contribution in [2.24, 2.45) is 0 Å². The van der Waals surface area contributed by atoms with Crippen molar-refractivity contribution in [3.8, 4) is 5.75 Å². The number of aromatic nitrogens is 2. The Kier molecular flexibility index (Phi) is 3.43. The number of benzene rings is 1. The van der Waals surface area contributed by atoms with E-state index in [1.54, 1.807) is 24.3 Å². The maximum atomic E-state index is 11.3. The van der Waals surface area contributed by atoms with Crippen LogP contribution >= 0.6 is 15.9 Å². The predicted octanol–water partition coefficient (Wildman–Crippen LogP) is 1.85. The zero-order chi connectivity index (χ0) is 12.3. The average molecular weight is 296 g/mol. The van der Waals surface area contributed by atoms with Gasteiger partial charge in [-0.2, -0.15) is 5.10 Å². The van der Waals surface area contributed by atoms with E-state index < -0.39 is 0 Å². The maximum absolute atomic E-state index is 11.3. The molecule has 2 rings (SSSR count). The van der Waals surface area contributed by atoms with Crippen LogP contribution in [0.2, 0.25) is 0 Å². The quantitative estimate of drug-likeness (QED) is 0.807. The van der Waals surface area contributed by atoms with Gasteiger partial charge in [-0.1, -0.05) is 12.1 Å². The van der Waals surface area contributed by atoms with Crippen LogP contribution in [0.3, 0.4) is 0 Å². The Morgan fingerprint density at radius 1 is 1.35 bits per heavy atom. The number of anilines is 1. The van der Waals surface area contributed by atoms with Crippen molar-refractivity contribution < 1.29 is 5.11 Å². The molecule has 0 fully saturated rings. The Labute approximate surface area is 106 Å². The second-order valence-corrected chi connectivity index (χ2v) is 4.24. The van der Waals surface area contributed by atoms with Crippen molar-refractivity contribution in [1.82, 2.24) is 10.2 Å². The molecule has 2 aromatic rings. The van der Waals surface area contributed by atoms with Crippen LogP contribution in [0.1, 0.15) is 5.56 Å². The fourth-order valence-electron chi connectivity index (χ4n) is 1.32. The van der Waals surface area contributed by atoms with Gasteiger partial charge < -0.3 is 10.4 Å². The number of rotatable bonds is 3. The van der Waals surface area contributed by atoms with E-state index in [2.05, 4.69) is 31.4 Å². The molecule has 5 nitrogen and oxygen atoms in total. The average Bonchev–Trinajstić information content (AvgIpc) is 2.33. The number of halogens is 1. The van der Waals surface area contributed by atoms with Crippen LogP contribution in [0.4, 0.5) is 5.69 Å². The topological polar surface area (TPSA) is 78.0 Å². The molecule has 88 valence electrons. The number of phenols is 1. The Morgan fingerprint density at radius 2 is 2.06 bits per heavy atom. The molecule has 6 heteroatoms. The lowest BCUT2D eigenvalue weighted by Gasteiger charge is -2.07. The minimum absolute atomic E-state index is 0.229. The van der Waals surface area contributed by atoms with Crippen LogP contribution in [0.5, 0.6) is 5.75 Å². The van der Waals surface area contributed by atoms with Crippen LogP contribution in [0, 0.1) is 0 Å². The fourth-order valence-corrected chi connectivity index (χ4v) is 1.65. The zero-order valence-corrected chi connectivity index (χ0v) is 10.4. The van der Waals surface area contributed by atoms with E-state index in [0.717, 1.165) is 5.56 Å². The summed E-state index contributed by atoms with van der Waals surface area (Å²) >= 11 is 3.18. The minimum Gasteiger partial charge on any atom is -0.508 e. The molecule has 1 aromatic heterocycles. The van der Waals surface area contributed by atoms with Gasteiger partial charge in [0.25, 0.3) is 5.56 Å². The molecular weight excluding hydrogens is 286 g/mol. The third-order valence-electron chi connectivity index (χ3n) is 2.21. The van der Waals surface area contributed by atoms with Gasteiger partial charge in [0.05, 0.1) is 11.9 Å². The maximum Gasteiger partial charge on any atom is 0.280 e. The third kappa shape index (κ3) is 2.85. The summed E-state index contributed by atoms with van der Waals surface area (Å²) in [6.07, 6.45) is 1.53. The molecule has 0 aliphatic heterocycles. The molecule has 17 heavy (non-hydrogen) atoms. The summed E-state index contributed by atoms with van der Waals surface area (Å²) in [7, 11) is 0. The number of phenolic OH excluding ortho intramolecular Hbond substituents is 1. The first-order chi connectivity index (χ1) is 8.16. The van der Waals surface area contributed by atoms with Crippen LogP contribution in [0.25, 0.3) is 0 Å². The van der Waals surface area contributed by atoms with Crippen LogP contribution < -0.4 is 10.9 Å². The summed E-state index contributed by atoms with van der Waals surface area (Å²) in [4.78, 5) is 11.3. The van der Waals surface area contributed by atoms with Crippen molar-refractivity contribution >= 4 is 21.6 Å². The molecule has 1 aromatic carbocycles. The number of aromatic hydroxyl groups is 1. The number of hydrogen-bond donors (Lipinski definition) is 3. The standard InChI is InChI=1S/C11H10BrN3O2/c12-10-9(6-14-15-11(10)17)13-5-7-1-3-8(16)4-2-7/h1-4,6,16H,5H2,(H2,13,15,17). The highest BCUT2D eigenvalue weighted by atomic mass is 79.9. The van der Waals surface area contributed by atoms with Crippen LogP contribution in [-0.2, 0) is 6.54 Å². The lowest BCUT2D eigenvalue weighted by molar-refractivity contribution is 0.475. The first-order valence-corrected chi connectivity index (χ1v) is 5.71. The van der Waals surface area contributed by atoms with E-state index in [-0.39, 0.29) is 11.3 Å². The summed E-state index contributed by atoms with van der Waals surface area (Å²) in [5.74, 6) is 0.229. The molecule has 0 spiro atoms. The third-order valence-corrected chi connectivity index (χ3v) is 3.00. The molecule has 0 bridgehead atoms. The van der Waals surface area contributed by atoms with Gasteiger partial charge >= 0.3 is 0 Å². The molecule has 0 atom stereocenters. The van der Waals surface area contributed by atoms with E-state index in [9.17, 15) is 4.79 Å². The lowest BCUT2D eigenvalue weighted by atomic mass is 10.2. The van der Waals surface area contributed by atoms with Crippen LogP contribution in [-0.4, -0.2) is 15.3 Å². The monoisotopic (exact) mass is 295 g/mol. The normalized spacial score (nSPS) is 10.2. The fraction of sp³-hybridized carbons (Fsp3) is 0.0909. The second kappa shape index (κ2) is 5.01. The molecule has 0 amide bonds. The van der Waals surface area contributed by atoms with Gasteiger partial charge in [0.15, 0.2) is 0 Å². The summed E-state index contributed by atoms with van der Waals surface area (Å²) in [5.41, 5.74) is 1.34. The summed E-state index contributed by atoms with van der Waals surface area (Å²) in [6, 6.07) is 6.83. The largest absolute Gasteiger partial charge is 0.508 e. The summed E-state index contributed by atoms with van der Waals surface area (Å²) in [6.45, 7) is 0.546. The van der Waals surface area contributed by atoms with Crippen molar-refractivity contribution in [3.63, 3.8) is 0 Å². The highest BCUT2D eigenvalue weighted by Gasteiger charge is 2.03. The van der Waals surface area contributed by atoms with Gasteiger partial charge in [0.1, 0.15) is 10.2 Å². The Morgan fingerprint density at radius 3 is 2.76 bits per heavy atom. The van der Waals surface area contributed by atoms with Gasteiger partial charge in [-0.15, -0.1) is 0 Å². The van der Waals surface area contributed by atoms with E-state index >= 15 is 0 Å². The molecule has 0 aliphatic rings. The van der Waals surface area contributed by atoms with E-state index in [1.165, 1.54) is 6.20 Å². The number of H-pyrrole nitrogens is 1. The van der Waals surface area contributed by atoms with E-state index in [1.807, 2.05) is 0 Å². The number of aromatic amines is 1. The van der Waals surface area contributed by atoms with E-state index in [4.69, 9.17) is 5.11 Å². The molecule has 0 saturated carbocycles. The van der Waals surface area contributed by atoms with Gasteiger partial charge in [-0.25, -0.2) is 5.10 Å². The summed E-state index contributed by atoms with van der Waals surface area (Å²) < 4.78 is 0.422. The number of nitrogens with one attached hydrogen (secondary N) is 2. The molecular formula is C11H10BrN3O2. The molecule has 0 aliphatic carbocycles. The first kappa shape index (κ1) is 11.7. The smallest absolute Gasteiger partial charge is 0.280 e. The van der Waals surface area contributed by atoms with Gasteiger partial charge in [0, 0.05) is 6.54 Å². The Bertz CT molecular complexity index is 566. The Hall–Kier alpha value is -1.82.